The van der Waals surface area contributed by atoms with Crippen molar-refractivity contribution in [1.29, 1.82) is 0 Å². The number of amides is 2. The van der Waals surface area contributed by atoms with E-state index in [4.69, 9.17) is 0 Å². The molecule has 9 heteroatoms. The second-order valence-corrected chi connectivity index (χ2v) is 8.24. The molecule has 0 radical (unpaired) electrons. The monoisotopic (exact) mass is 456 g/mol. The van der Waals surface area contributed by atoms with Gasteiger partial charge in [-0.3, -0.25) is 9.78 Å². The molecular formula is C25H24N6O3. The van der Waals surface area contributed by atoms with Crippen molar-refractivity contribution in [3.63, 3.8) is 0 Å². The highest BCUT2D eigenvalue weighted by Crippen LogP contribution is 2.41. The molecule has 4 heterocycles. The first-order valence-electron chi connectivity index (χ1n) is 11.1. The molecule has 1 saturated heterocycles. The molecular weight excluding hydrogens is 432 g/mol. The van der Waals surface area contributed by atoms with Gasteiger partial charge >= 0.3 is 6.09 Å². The van der Waals surface area contributed by atoms with E-state index >= 15 is 0 Å². The van der Waals surface area contributed by atoms with Gasteiger partial charge < -0.3 is 25.6 Å². The fourth-order valence-electron chi connectivity index (χ4n) is 4.50. The Kier molecular flexibility index (Phi) is 5.82. The molecule has 1 aromatic carbocycles. The number of pyridine rings is 2. The van der Waals surface area contributed by atoms with Gasteiger partial charge in [0.2, 0.25) is 0 Å². The van der Waals surface area contributed by atoms with E-state index in [0.29, 0.717) is 23.4 Å². The van der Waals surface area contributed by atoms with Crippen LogP contribution in [-0.2, 0) is 0 Å². The fourth-order valence-corrected chi connectivity index (χ4v) is 4.50. The summed E-state index contributed by atoms with van der Waals surface area (Å²) in [5.74, 6) is -0.269. The third-order valence-corrected chi connectivity index (χ3v) is 6.00. The Morgan fingerprint density at radius 1 is 1.12 bits per heavy atom. The van der Waals surface area contributed by atoms with E-state index in [1.165, 1.54) is 6.20 Å². The zero-order valence-electron chi connectivity index (χ0n) is 18.4. The number of nitrogens with one attached hydrogen (secondary N) is 3. The van der Waals surface area contributed by atoms with Gasteiger partial charge in [-0.15, -0.1) is 0 Å². The SMILES string of the molecule is O=C(O)NC1CCCN(c2c(-c3ccccc3)cnc3[nH]cc(NC(=O)c4cccnc4)c23)C1. The average molecular weight is 457 g/mol. The van der Waals surface area contributed by atoms with Gasteiger partial charge in [-0.05, 0) is 30.5 Å². The van der Waals surface area contributed by atoms with Crippen LogP contribution in [0.2, 0.25) is 0 Å². The van der Waals surface area contributed by atoms with Crippen molar-refractivity contribution in [2.24, 2.45) is 0 Å². The number of carbonyl (C=O) groups excluding carboxylic acids is 1. The third-order valence-electron chi connectivity index (χ3n) is 6.00. The van der Waals surface area contributed by atoms with E-state index in [-0.39, 0.29) is 11.9 Å². The minimum Gasteiger partial charge on any atom is -0.465 e. The maximum Gasteiger partial charge on any atom is 0.404 e. The van der Waals surface area contributed by atoms with Crippen LogP contribution >= 0.6 is 0 Å². The Bertz CT molecular complexity index is 1320. The Morgan fingerprint density at radius 3 is 2.74 bits per heavy atom. The molecule has 5 rings (SSSR count). The molecule has 3 aromatic heterocycles. The van der Waals surface area contributed by atoms with Crippen molar-refractivity contribution in [3.8, 4) is 11.1 Å². The molecule has 4 N–H and O–H groups in total. The lowest BCUT2D eigenvalue weighted by molar-refractivity contribution is 0.102. The number of benzene rings is 1. The number of H-pyrrole nitrogens is 1. The number of carbonyl (C=O) groups is 2. The lowest BCUT2D eigenvalue weighted by atomic mass is 9.99. The van der Waals surface area contributed by atoms with Gasteiger partial charge in [0.25, 0.3) is 5.91 Å². The number of hydrogen-bond donors (Lipinski definition) is 4. The number of fused-ring (bicyclic) bond motifs is 1. The second-order valence-electron chi connectivity index (χ2n) is 8.24. The second kappa shape index (κ2) is 9.22. The number of anilines is 2. The third kappa shape index (κ3) is 4.27. The van der Waals surface area contributed by atoms with E-state index in [0.717, 1.165) is 41.6 Å². The van der Waals surface area contributed by atoms with Crippen LogP contribution in [0.25, 0.3) is 22.2 Å². The molecule has 4 aromatic rings. The van der Waals surface area contributed by atoms with Crippen LogP contribution in [0.4, 0.5) is 16.2 Å². The Balaban J connectivity index is 1.62. The van der Waals surface area contributed by atoms with Crippen molar-refractivity contribution in [2.45, 2.75) is 18.9 Å². The van der Waals surface area contributed by atoms with Crippen LogP contribution in [-0.4, -0.2) is 51.2 Å². The van der Waals surface area contributed by atoms with Crippen LogP contribution in [0.5, 0.6) is 0 Å². The first-order valence-corrected chi connectivity index (χ1v) is 11.1. The summed E-state index contributed by atoms with van der Waals surface area (Å²) in [7, 11) is 0. The molecule has 1 atom stereocenters. The summed E-state index contributed by atoms with van der Waals surface area (Å²) in [6, 6.07) is 13.2. The van der Waals surface area contributed by atoms with Gasteiger partial charge in [0.1, 0.15) is 5.65 Å². The van der Waals surface area contributed by atoms with Crippen molar-refractivity contribution >= 4 is 34.4 Å². The number of piperidine rings is 1. The predicted octanol–water partition coefficient (Wildman–Crippen LogP) is 4.11. The Labute approximate surface area is 195 Å². The summed E-state index contributed by atoms with van der Waals surface area (Å²) in [6.45, 7) is 1.28. The van der Waals surface area contributed by atoms with E-state index in [2.05, 4.69) is 30.5 Å². The first kappa shape index (κ1) is 21.4. The van der Waals surface area contributed by atoms with E-state index < -0.39 is 6.09 Å². The number of aromatic nitrogens is 3. The zero-order valence-corrected chi connectivity index (χ0v) is 18.4. The van der Waals surface area contributed by atoms with E-state index in [9.17, 15) is 14.7 Å². The van der Waals surface area contributed by atoms with Crippen LogP contribution in [0.15, 0.2) is 67.3 Å². The highest BCUT2D eigenvalue weighted by atomic mass is 16.4. The quantitative estimate of drug-likeness (QED) is 0.358. The highest BCUT2D eigenvalue weighted by molar-refractivity contribution is 6.13. The Morgan fingerprint density at radius 2 is 1.97 bits per heavy atom. The number of aromatic amines is 1. The summed E-state index contributed by atoms with van der Waals surface area (Å²) < 4.78 is 0. The lowest BCUT2D eigenvalue weighted by Gasteiger charge is -2.36. The van der Waals surface area contributed by atoms with E-state index in [1.807, 2.05) is 36.5 Å². The topological polar surface area (TPSA) is 123 Å². The van der Waals surface area contributed by atoms with Gasteiger partial charge in [-0.1, -0.05) is 30.3 Å². The first-order chi connectivity index (χ1) is 16.6. The molecule has 0 aliphatic carbocycles. The molecule has 9 nitrogen and oxygen atoms in total. The van der Waals surface area contributed by atoms with Crippen LogP contribution in [0, 0.1) is 0 Å². The molecule has 34 heavy (non-hydrogen) atoms. The van der Waals surface area contributed by atoms with Crippen LogP contribution < -0.4 is 15.5 Å². The van der Waals surface area contributed by atoms with Gasteiger partial charge in [-0.2, -0.15) is 0 Å². The zero-order chi connectivity index (χ0) is 23.5. The highest BCUT2D eigenvalue weighted by Gasteiger charge is 2.27. The Hall–Kier alpha value is -4.40. The number of rotatable bonds is 5. The normalized spacial score (nSPS) is 15.8. The number of hydrogen-bond acceptors (Lipinski definition) is 5. The standard InChI is InChI=1S/C25H24N6O3/c32-24(17-8-4-10-26-12-17)30-20-14-28-23-21(20)22(19(13-27-23)16-6-2-1-3-7-16)31-11-5-9-18(15-31)29-25(33)34/h1-4,6-8,10,12-14,18,29H,5,9,11,15H2,(H,27,28)(H,30,32)(H,33,34). The smallest absolute Gasteiger partial charge is 0.404 e. The predicted molar refractivity (Wildman–Crippen MR) is 130 cm³/mol. The molecule has 1 aliphatic rings. The minimum absolute atomic E-state index is 0.189. The molecule has 2 amide bonds. The summed E-state index contributed by atoms with van der Waals surface area (Å²) in [5, 5.41) is 15.7. The molecule has 172 valence electrons. The molecule has 1 unspecified atom stereocenters. The minimum atomic E-state index is -1.03. The van der Waals surface area contributed by atoms with Crippen molar-refractivity contribution in [2.75, 3.05) is 23.3 Å². The lowest BCUT2D eigenvalue weighted by Crippen LogP contribution is -2.47. The summed E-state index contributed by atoms with van der Waals surface area (Å²) in [4.78, 5) is 38.2. The largest absolute Gasteiger partial charge is 0.465 e. The molecule has 0 spiro atoms. The maximum atomic E-state index is 12.9. The van der Waals surface area contributed by atoms with Crippen LogP contribution in [0.3, 0.4) is 0 Å². The summed E-state index contributed by atoms with van der Waals surface area (Å²) in [5.41, 5.74) is 4.53. The number of carboxylic acid groups (broad SMARTS) is 1. The van der Waals surface area contributed by atoms with Crippen molar-refractivity contribution in [1.82, 2.24) is 20.3 Å². The van der Waals surface area contributed by atoms with Crippen molar-refractivity contribution in [3.05, 3.63) is 72.8 Å². The maximum absolute atomic E-state index is 12.9. The number of nitrogens with zero attached hydrogens (tertiary/aromatic N) is 3. The molecule has 0 saturated carbocycles. The van der Waals surface area contributed by atoms with Crippen molar-refractivity contribution < 1.29 is 14.7 Å². The van der Waals surface area contributed by atoms with Gasteiger partial charge in [0.15, 0.2) is 0 Å². The summed E-state index contributed by atoms with van der Waals surface area (Å²) >= 11 is 0. The molecule has 1 aliphatic heterocycles. The summed E-state index contributed by atoms with van der Waals surface area (Å²) in [6.07, 6.45) is 7.28. The van der Waals surface area contributed by atoms with Gasteiger partial charge in [0, 0.05) is 49.5 Å². The van der Waals surface area contributed by atoms with Gasteiger partial charge in [-0.25, -0.2) is 9.78 Å². The average Bonchev–Trinajstić information content (AvgIpc) is 3.27. The van der Waals surface area contributed by atoms with E-state index in [1.54, 1.807) is 24.5 Å². The molecule has 1 fully saturated rings. The van der Waals surface area contributed by atoms with Crippen LogP contribution in [0.1, 0.15) is 23.2 Å². The molecule has 0 bridgehead atoms. The fraction of sp³-hybridized carbons (Fsp3) is 0.200. The van der Waals surface area contributed by atoms with Gasteiger partial charge in [0.05, 0.1) is 22.3 Å².